The van der Waals surface area contributed by atoms with Crippen LogP contribution in [0.25, 0.3) is 5.57 Å². The fourth-order valence-corrected chi connectivity index (χ4v) is 16.4. The molecule has 0 aliphatic carbocycles. The van der Waals surface area contributed by atoms with E-state index in [-0.39, 0.29) is 256 Å². The summed E-state index contributed by atoms with van der Waals surface area (Å²) in [6.07, 6.45) is 0. The van der Waals surface area contributed by atoms with Crippen LogP contribution in [0.2, 0.25) is 0 Å². The molecule has 0 unspecified atom stereocenters. The summed E-state index contributed by atoms with van der Waals surface area (Å²) in [5.41, 5.74) is 10.9. The van der Waals surface area contributed by atoms with E-state index in [2.05, 4.69) is 6.58 Å². The molecule has 15 aromatic carbocycles. The van der Waals surface area contributed by atoms with Crippen molar-refractivity contribution in [1.82, 2.24) is 0 Å². The van der Waals surface area contributed by atoms with Crippen molar-refractivity contribution in [1.29, 1.82) is 0 Å². The summed E-state index contributed by atoms with van der Waals surface area (Å²) < 4.78 is 215. The number of ketones is 5. The minimum absolute atomic E-state index is 0. The summed E-state index contributed by atoms with van der Waals surface area (Å²) in [5, 5.41) is 0. The van der Waals surface area contributed by atoms with Crippen LogP contribution in [0, 0.1) is 0 Å². The Hall–Kier alpha value is -10.4. The number of carbonyl (C=O) groups is 5. The molecule has 0 saturated carbocycles. The van der Waals surface area contributed by atoms with Gasteiger partial charge in [0.2, 0.25) is 0 Å². The van der Waals surface area contributed by atoms with Crippen LogP contribution in [0.1, 0.15) is 146 Å². The minimum Gasteiger partial charge on any atom is -0.744 e. The molecule has 0 aromatic heterocycles. The molecular weight excluding hydrogens is 1970 g/mol. The van der Waals surface area contributed by atoms with Crippen LogP contribution in [0.3, 0.4) is 0 Å². The Morgan fingerprint density at radius 1 is 0.214 bits per heavy atom. The second kappa shape index (κ2) is 53.7. The minimum atomic E-state index is -5.36. The van der Waals surface area contributed by atoms with Gasteiger partial charge in [-0.05, 0) is 68.3 Å². The zero-order valence-corrected chi connectivity index (χ0v) is 86.8. The van der Waals surface area contributed by atoms with Gasteiger partial charge >= 0.3 is 154 Å². The number of ether oxygens (including phenoxy) is 6. The van der Waals surface area contributed by atoms with E-state index in [4.69, 9.17) is 28.4 Å². The van der Waals surface area contributed by atoms with E-state index in [0.717, 1.165) is 34.4 Å². The number of hydrogen-bond donors (Lipinski definition) is 0. The first-order valence-electron chi connectivity index (χ1n) is 40.4. The number of carbonyl (C=O) groups excluding carboxylic acids is 5. The van der Waals surface area contributed by atoms with Crippen LogP contribution >= 0.6 is 0 Å². The maximum Gasteiger partial charge on any atom is 1.00 e. The summed E-state index contributed by atoms with van der Waals surface area (Å²) in [7, 11) is -25.8. The third kappa shape index (κ3) is 32.6. The summed E-state index contributed by atoms with van der Waals surface area (Å²) >= 11 is 0. The standard InChI is InChI=1S/C35H28O9S2.C34H26O10S2.C34H26O7S.3CH4.3K/c1-24(27-8-4-2-5-9-27)28-16-12-25(13-17-28)22-43-31-20-34(46(40,41)42)32(21-33(31)45(37,38)39)44-23-26-14-18-30(19-15-26)35(36)29-10-6-3-7-11-29;35-32(25-7-3-1-4-8-25)27-15-11-23(12-16-27)21-43-30-19-29(45(37,38)39)20-31(46(40,41)42)34(30)44-22-24-13-17-28(18-14-24)33(36)26-9-5-2-6-10-26;35-33(26-7-3-1-4-8-26)28-15-11-24(12-16-28)22-40-30-19-20-31(32(21-30)42(37,38)39)41-23-25-13-17-29(18-14-25)34(36)27-9-5-2-6-10-27;;;;;;/h2-21H,1,22-23H2,(H,37,38,39)(H,40,41,42);1-20H,21-22H2,(H,37,38,39)(H,40,41,42);1-21H,22-23H2,(H,37,38,39);3*1H4;;;/q;;;;;;3*+1/p-5. The molecule has 0 aliphatic rings. The average molecular weight is 2050 g/mol. The molecule has 0 fully saturated rings. The quantitative estimate of drug-likeness (QED) is 0.0202. The van der Waals surface area contributed by atoms with Gasteiger partial charge in [0.15, 0.2) is 40.4 Å². The van der Waals surface area contributed by atoms with Crippen LogP contribution in [0.15, 0.2) is 401 Å². The topological polar surface area (TPSA) is 427 Å². The summed E-state index contributed by atoms with van der Waals surface area (Å²) in [5.74, 6) is -3.10. The second-order valence-corrected chi connectivity index (χ2v) is 36.4. The molecule has 140 heavy (non-hydrogen) atoms. The van der Waals surface area contributed by atoms with Crippen molar-refractivity contribution < 1.29 is 271 Å². The van der Waals surface area contributed by atoms with Gasteiger partial charge in [-0.25, -0.2) is 42.1 Å². The Bertz CT molecular complexity index is 7260. The van der Waals surface area contributed by atoms with E-state index in [0.29, 0.717) is 102 Å². The molecule has 0 bridgehead atoms. The largest absolute Gasteiger partial charge is 1.00 e. The third-order valence-corrected chi connectivity index (χ3v) is 24.6. The third-order valence-electron chi connectivity index (χ3n) is 20.3. The molecule has 0 amide bonds. The number of rotatable bonds is 35. The first kappa shape index (κ1) is 117. The van der Waals surface area contributed by atoms with E-state index in [9.17, 15) is 88.8 Å². The monoisotopic (exact) mass is 2050 g/mol. The summed E-state index contributed by atoms with van der Waals surface area (Å²) in [6, 6.07) is 99.2. The molecule has 15 aromatic rings. The van der Waals surface area contributed by atoms with Crippen LogP contribution in [0.4, 0.5) is 0 Å². The van der Waals surface area contributed by atoms with Gasteiger partial charge in [-0.2, -0.15) is 0 Å². The molecule has 0 spiro atoms. The van der Waals surface area contributed by atoms with Crippen molar-refractivity contribution in [2.75, 3.05) is 0 Å². The molecule has 26 nitrogen and oxygen atoms in total. The predicted molar refractivity (Wildman–Crippen MR) is 508 cm³/mol. The Morgan fingerprint density at radius 3 is 0.693 bits per heavy atom. The Kier molecular flexibility index (Phi) is 44.7. The number of hydrogen-bond acceptors (Lipinski definition) is 26. The Labute approximate surface area is 941 Å². The molecule has 34 heteroatoms. The fourth-order valence-electron chi connectivity index (χ4n) is 13.3. The van der Waals surface area contributed by atoms with Crippen molar-refractivity contribution in [3.8, 4) is 34.5 Å². The van der Waals surface area contributed by atoms with Gasteiger partial charge in [0.05, 0.1) is 9.79 Å². The van der Waals surface area contributed by atoms with Gasteiger partial charge in [0.25, 0.3) is 0 Å². The van der Waals surface area contributed by atoms with Crippen LogP contribution in [-0.2, 0) is 90.2 Å². The SMILES string of the molecule is C.C.C.C=C(c1ccccc1)c1ccc(COc2cc(S(=O)(=O)[O-])c(OCc3ccc(C(=O)c4ccccc4)cc3)cc2S(=O)(=O)[O-])cc1.O=C(c1ccccc1)c1ccc(COc2cc(S(=O)(=O)[O-])cc(S(=O)(=O)[O-])c2OCc2ccc(C(=O)c3ccccc3)cc2)cc1.O=C(c1ccccc1)c1ccc(COc2ccc(OCc3ccc(C(=O)c4ccccc4)cc3)c(S(=O)(=O)[O-])c2)cc1.[K+].[K+].[K+]. The predicted octanol–water partition coefficient (Wildman–Crippen LogP) is 10.2. The number of benzene rings is 15. The van der Waals surface area contributed by atoms with Crippen LogP contribution in [0.5, 0.6) is 34.5 Å². The van der Waals surface area contributed by atoms with Crippen LogP contribution in [-0.4, -0.2) is 93.8 Å². The molecule has 0 atom stereocenters. The molecule has 0 N–H and O–H groups in total. The van der Waals surface area contributed by atoms with E-state index >= 15 is 0 Å². The van der Waals surface area contributed by atoms with Crippen molar-refractivity contribution >= 4 is 85.1 Å². The normalized spacial score (nSPS) is 10.9. The van der Waals surface area contributed by atoms with Gasteiger partial charge in [0.1, 0.15) is 128 Å². The molecule has 702 valence electrons. The zero-order chi connectivity index (χ0) is 95.3. The van der Waals surface area contributed by atoms with Gasteiger partial charge < -0.3 is 51.2 Å². The van der Waals surface area contributed by atoms with E-state index < -0.39 is 98.1 Å². The van der Waals surface area contributed by atoms with Gasteiger partial charge in [-0.3, -0.25) is 24.0 Å². The van der Waals surface area contributed by atoms with Crippen molar-refractivity contribution in [3.63, 3.8) is 0 Å². The first-order chi connectivity index (χ1) is 64.1. The average Bonchev–Trinajstić information content (AvgIpc) is 0.778. The van der Waals surface area contributed by atoms with Gasteiger partial charge in [-0.15, -0.1) is 0 Å². The maximum atomic E-state index is 12.7. The molecule has 0 radical (unpaired) electrons. The van der Waals surface area contributed by atoms with E-state index in [1.54, 1.807) is 285 Å². The smallest absolute Gasteiger partial charge is 0.744 e. The molecule has 0 heterocycles. The van der Waals surface area contributed by atoms with Crippen LogP contribution < -0.4 is 183 Å². The molecule has 0 saturated heterocycles. The Balaban J connectivity index is 0.000000280. The Morgan fingerprint density at radius 2 is 0.429 bits per heavy atom. The van der Waals surface area contributed by atoms with Crippen molar-refractivity contribution in [2.45, 2.75) is 86.4 Å². The van der Waals surface area contributed by atoms with E-state index in [1.807, 2.05) is 42.5 Å². The van der Waals surface area contributed by atoms with Gasteiger partial charge in [-0.1, -0.05) is 356 Å². The summed E-state index contributed by atoms with van der Waals surface area (Å²) in [6.45, 7) is 3.06. The van der Waals surface area contributed by atoms with Crippen molar-refractivity contribution in [3.05, 3.63) is 477 Å². The van der Waals surface area contributed by atoms with Crippen molar-refractivity contribution in [2.24, 2.45) is 0 Å². The second-order valence-electron chi connectivity index (χ2n) is 29.6. The molecule has 15 rings (SSSR count). The zero-order valence-electron chi connectivity index (χ0n) is 73.3. The van der Waals surface area contributed by atoms with E-state index in [1.165, 1.54) is 12.1 Å². The first-order valence-corrected chi connectivity index (χ1v) is 47.5. The summed E-state index contributed by atoms with van der Waals surface area (Å²) in [4.78, 5) is 58.8. The maximum absolute atomic E-state index is 12.7. The molecular formula is C106H87K3O26S5-2. The fraction of sp³-hybridized carbons (Fsp3) is 0.0849. The van der Waals surface area contributed by atoms with Gasteiger partial charge in [0, 0.05) is 79.9 Å². The molecule has 0 aliphatic heterocycles.